The molecule has 0 spiro atoms. The molecule has 2 aromatic rings. The normalized spacial score (nSPS) is 10.2. The Balaban J connectivity index is 2.17. The van der Waals surface area contributed by atoms with Crippen molar-refractivity contribution in [1.82, 2.24) is 0 Å². The van der Waals surface area contributed by atoms with Gasteiger partial charge in [0.2, 0.25) is 5.91 Å². The maximum absolute atomic E-state index is 11.1. The molecule has 0 aliphatic rings. The van der Waals surface area contributed by atoms with Gasteiger partial charge in [-0.3, -0.25) is 4.79 Å². The van der Waals surface area contributed by atoms with Gasteiger partial charge in [0.05, 0.1) is 0 Å². The molecule has 0 aliphatic heterocycles. The van der Waals surface area contributed by atoms with E-state index >= 15 is 0 Å². The van der Waals surface area contributed by atoms with Gasteiger partial charge in [-0.2, -0.15) is 0 Å². The summed E-state index contributed by atoms with van der Waals surface area (Å²) >= 11 is 0. The zero-order valence-corrected chi connectivity index (χ0v) is 11.3. The lowest BCUT2D eigenvalue weighted by molar-refractivity contribution is 0.100. The summed E-state index contributed by atoms with van der Waals surface area (Å²) in [5.74, 6) is -0.412. The maximum Gasteiger partial charge on any atom is 0.248 e. The van der Waals surface area contributed by atoms with E-state index in [1.54, 1.807) is 12.1 Å². The number of carbonyl (C=O) groups excluding carboxylic acids is 1. The van der Waals surface area contributed by atoms with Gasteiger partial charge in [0.1, 0.15) is 0 Å². The Hall–Kier alpha value is -2.33. The largest absolute Gasteiger partial charge is 0.366 e. The van der Waals surface area contributed by atoms with Gasteiger partial charge in [0.25, 0.3) is 0 Å². The minimum Gasteiger partial charge on any atom is -0.366 e. The van der Waals surface area contributed by atoms with Crippen molar-refractivity contribution in [2.24, 2.45) is 11.5 Å². The molecule has 1 amide bonds. The standard InChI is InChI=1S/C16H19N3O/c17-10-11-19(12-13-4-2-1-3-5-13)15-8-6-14(7-9-15)16(18)20/h1-9H,10-12,17H2,(H2,18,20). The van der Waals surface area contributed by atoms with E-state index in [1.165, 1.54) is 5.56 Å². The van der Waals surface area contributed by atoms with Crippen LogP contribution in [0.1, 0.15) is 15.9 Å². The molecule has 2 aromatic carbocycles. The number of amides is 1. The Morgan fingerprint density at radius 3 is 2.20 bits per heavy atom. The number of nitrogens with zero attached hydrogens (tertiary/aromatic N) is 1. The fourth-order valence-corrected chi connectivity index (χ4v) is 2.10. The van der Waals surface area contributed by atoms with E-state index < -0.39 is 5.91 Å². The topological polar surface area (TPSA) is 72.3 Å². The van der Waals surface area contributed by atoms with Crippen molar-refractivity contribution < 1.29 is 4.79 Å². The summed E-state index contributed by atoms with van der Waals surface area (Å²) < 4.78 is 0. The van der Waals surface area contributed by atoms with E-state index in [0.717, 1.165) is 18.8 Å². The minimum absolute atomic E-state index is 0.412. The van der Waals surface area contributed by atoms with E-state index in [1.807, 2.05) is 30.3 Å². The van der Waals surface area contributed by atoms with Crippen molar-refractivity contribution >= 4 is 11.6 Å². The summed E-state index contributed by atoms with van der Waals surface area (Å²) in [6.07, 6.45) is 0. The summed E-state index contributed by atoms with van der Waals surface area (Å²) in [5.41, 5.74) is 13.7. The van der Waals surface area contributed by atoms with Gasteiger partial charge in [-0.15, -0.1) is 0 Å². The number of anilines is 1. The summed E-state index contributed by atoms with van der Waals surface area (Å²) in [4.78, 5) is 13.3. The highest BCUT2D eigenvalue weighted by Gasteiger charge is 2.07. The van der Waals surface area contributed by atoms with Gasteiger partial charge in [0, 0.05) is 30.9 Å². The van der Waals surface area contributed by atoms with E-state index in [0.29, 0.717) is 12.1 Å². The fraction of sp³-hybridized carbons (Fsp3) is 0.188. The lowest BCUT2D eigenvalue weighted by Gasteiger charge is -2.24. The van der Waals surface area contributed by atoms with Crippen LogP contribution in [0.2, 0.25) is 0 Å². The van der Waals surface area contributed by atoms with Crippen LogP contribution in [0, 0.1) is 0 Å². The number of primary amides is 1. The Bertz CT molecular complexity index is 552. The molecule has 104 valence electrons. The average molecular weight is 269 g/mol. The van der Waals surface area contributed by atoms with Crippen molar-refractivity contribution in [3.8, 4) is 0 Å². The van der Waals surface area contributed by atoms with E-state index in [2.05, 4.69) is 17.0 Å². The van der Waals surface area contributed by atoms with E-state index in [-0.39, 0.29) is 0 Å². The summed E-state index contributed by atoms with van der Waals surface area (Å²) in [6.45, 7) is 2.11. The Labute approximate surface area is 119 Å². The summed E-state index contributed by atoms with van der Waals surface area (Å²) in [6, 6.07) is 17.5. The lowest BCUT2D eigenvalue weighted by atomic mass is 10.1. The van der Waals surface area contributed by atoms with Crippen LogP contribution in [0.3, 0.4) is 0 Å². The fourth-order valence-electron chi connectivity index (χ4n) is 2.10. The molecule has 0 aromatic heterocycles. The van der Waals surface area contributed by atoms with Crippen molar-refractivity contribution in [2.75, 3.05) is 18.0 Å². The number of hydrogen-bond acceptors (Lipinski definition) is 3. The molecule has 0 bridgehead atoms. The maximum atomic E-state index is 11.1. The monoisotopic (exact) mass is 269 g/mol. The van der Waals surface area contributed by atoms with Gasteiger partial charge < -0.3 is 16.4 Å². The molecule has 0 aliphatic carbocycles. The second-order valence-electron chi connectivity index (χ2n) is 4.61. The zero-order valence-electron chi connectivity index (χ0n) is 11.3. The van der Waals surface area contributed by atoms with Gasteiger partial charge in [-0.1, -0.05) is 30.3 Å². The average Bonchev–Trinajstić information content (AvgIpc) is 2.48. The predicted molar refractivity (Wildman–Crippen MR) is 81.5 cm³/mol. The first-order valence-corrected chi connectivity index (χ1v) is 6.59. The first kappa shape index (κ1) is 14.1. The highest BCUT2D eigenvalue weighted by molar-refractivity contribution is 5.93. The van der Waals surface area contributed by atoms with Crippen LogP contribution < -0.4 is 16.4 Å². The van der Waals surface area contributed by atoms with Gasteiger partial charge in [-0.25, -0.2) is 0 Å². The van der Waals surface area contributed by atoms with E-state index in [9.17, 15) is 4.79 Å². The first-order chi connectivity index (χ1) is 9.70. The van der Waals surface area contributed by atoms with Crippen LogP contribution in [-0.2, 0) is 6.54 Å². The van der Waals surface area contributed by atoms with Crippen molar-refractivity contribution in [2.45, 2.75) is 6.54 Å². The van der Waals surface area contributed by atoms with Crippen LogP contribution in [0.5, 0.6) is 0 Å². The number of benzene rings is 2. The van der Waals surface area contributed by atoms with Crippen LogP contribution in [0.25, 0.3) is 0 Å². The first-order valence-electron chi connectivity index (χ1n) is 6.59. The second kappa shape index (κ2) is 6.73. The molecule has 4 heteroatoms. The number of rotatable bonds is 6. The molecule has 0 radical (unpaired) electrons. The quantitative estimate of drug-likeness (QED) is 0.839. The number of carbonyl (C=O) groups is 1. The molecule has 0 fully saturated rings. The SMILES string of the molecule is NCCN(Cc1ccccc1)c1ccc(C(N)=O)cc1. The molecule has 2 rings (SSSR count). The molecular weight excluding hydrogens is 250 g/mol. The Kier molecular flexibility index (Phi) is 4.74. The van der Waals surface area contributed by atoms with Gasteiger partial charge >= 0.3 is 0 Å². The van der Waals surface area contributed by atoms with Crippen LogP contribution in [0.15, 0.2) is 54.6 Å². The zero-order chi connectivity index (χ0) is 14.4. The summed E-state index contributed by atoms with van der Waals surface area (Å²) in [7, 11) is 0. The second-order valence-corrected chi connectivity index (χ2v) is 4.61. The van der Waals surface area contributed by atoms with E-state index in [4.69, 9.17) is 11.5 Å². The Morgan fingerprint density at radius 2 is 1.65 bits per heavy atom. The van der Waals surface area contributed by atoms with Gasteiger partial charge in [-0.05, 0) is 29.8 Å². The molecular formula is C16H19N3O. The Morgan fingerprint density at radius 1 is 1.00 bits per heavy atom. The van der Waals surface area contributed by atoms with Crippen LogP contribution in [0.4, 0.5) is 5.69 Å². The highest BCUT2D eigenvalue weighted by Crippen LogP contribution is 2.17. The molecule has 20 heavy (non-hydrogen) atoms. The third-order valence-corrected chi connectivity index (χ3v) is 3.13. The van der Waals surface area contributed by atoms with Crippen LogP contribution >= 0.6 is 0 Å². The molecule has 0 atom stereocenters. The molecule has 0 saturated heterocycles. The van der Waals surface area contributed by atoms with Crippen molar-refractivity contribution in [1.29, 1.82) is 0 Å². The minimum atomic E-state index is -0.412. The molecule has 4 N–H and O–H groups in total. The van der Waals surface area contributed by atoms with Crippen molar-refractivity contribution in [3.63, 3.8) is 0 Å². The lowest BCUT2D eigenvalue weighted by Crippen LogP contribution is -2.29. The molecule has 4 nitrogen and oxygen atoms in total. The number of nitrogens with two attached hydrogens (primary N) is 2. The van der Waals surface area contributed by atoms with Crippen molar-refractivity contribution in [3.05, 3.63) is 65.7 Å². The number of hydrogen-bond donors (Lipinski definition) is 2. The molecule has 0 unspecified atom stereocenters. The third-order valence-electron chi connectivity index (χ3n) is 3.13. The highest BCUT2D eigenvalue weighted by atomic mass is 16.1. The van der Waals surface area contributed by atoms with Crippen LogP contribution in [-0.4, -0.2) is 19.0 Å². The third kappa shape index (κ3) is 3.59. The molecule has 0 saturated carbocycles. The predicted octanol–water partition coefficient (Wildman–Crippen LogP) is 1.75. The van der Waals surface area contributed by atoms with Gasteiger partial charge in [0.15, 0.2) is 0 Å². The summed E-state index contributed by atoms with van der Waals surface area (Å²) in [5, 5.41) is 0. The molecule has 0 heterocycles. The smallest absolute Gasteiger partial charge is 0.248 e.